The van der Waals surface area contributed by atoms with Gasteiger partial charge in [-0.2, -0.15) is 0 Å². The monoisotopic (exact) mass is 283 g/mol. The van der Waals surface area contributed by atoms with Crippen LogP contribution < -0.4 is 5.56 Å². The molecule has 0 aliphatic carbocycles. The average Bonchev–Trinajstić information content (AvgIpc) is 2.96. The zero-order valence-electron chi connectivity index (χ0n) is 11.9. The van der Waals surface area contributed by atoms with Crippen molar-refractivity contribution in [1.29, 1.82) is 0 Å². The molecule has 5 nitrogen and oxygen atoms in total. The standard InChI is InChI=1S/C16H17N3O2/c1-2-6-12-7-5-10-18(12)15(20)13-11-17-14-8-3-4-9-19(14)16(13)21/h3-5,7-9,11-12H,2,6,10H2,1H3/t12-/m1/s1. The van der Waals surface area contributed by atoms with E-state index in [-0.39, 0.29) is 23.1 Å². The summed E-state index contributed by atoms with van der Waals surface area (Å²) in [5, 5.41) is 0. The van der Waals surface area contributed by atoms with Crippen molar-refractivity contribution >= 4 is 11.6 Å². The van der Waals surface area contributed by atoms with Crippen LogP contribution in [0.15, 0.2) is 47.5 Å². The summed E-state index contributed by atoms with van der Waals surface area (Å²) in [5.74, 6) is -0.241. The average molecular weight is 283 g/mol. The number of fused-ring (bicyclic) bond motifs is 1. The highest BCUT2D eigenvalue weighted by atomic mass is 16.2. The zero-order valence-corrected chi connectivity index (χ0v) is 11.9. The van der Waals surface area contributed by atoms with E-state index < -0.39 is 0 Å². The smallest absolute Gasteiger partial charge is 0.270 e. The van der Waals surface area contributed by atoms with Crippen LogP contribution in [0, 0.1) is 0 Å². The number of hydrogen-bond donors (Lipinski definition) is 0. The van der Waals surface area contributed by atoms with E-state index in [0.29, 0.717) is 12.2 Å². The third kappa shape index (κ3) is 2.35. The molecule has 0 spiro atoms. The van der Waals surface area contributed by atoms with E-state index in [2.05, 4.69) is 11.9 Å². The van der Waals surface area contributed by atoms with Crippen molar-refractivity contribution in [3.8, 4) is 0 Å². The van der Waals surface area contributed by atoms with Gasteiger partial charge >= 0.3 is 0 Å². The Hall–Kier alpha value is -2.43. The van der Waals surface area contributed by atoms with Crippen LogP contribution in [0.25, 0.3) is 5.65 Å². The molecule has 0 aromatic carbocycles. The van der Waals surface area contributed by atoms with E-state index >= 15 is 0 Å². The molecular weight excluding hydrogens is 266 g/mol. The SMILES string of the molecule is CCC[C@@H]1C=CCN1C(=O)c1cnc2ccccn2c1=O. The fraction of sp³-hybridized carbons (Fsp3) is 0.312. The van der Waals surface area contributed by atoms with E-state index in [9.17, 15) is 9.59 Å². The lowest BCUT2D eigenvalue weighted by Gasteiger charge is -2.24. The second-order valence-corrected chi connectivity index (χ2v) is 5.15. The van der Waals surface area contributed by atoms with Crippen molar-refractivity contribution in [2.45, 2.75) is 25.8 Å². The van der Waals surface area contributed by atoms with Gasteiger partial charge in [0.25, 0.3) is 11.5 Å². The van der Waals surface area contributed by atoms with Crippen LogP contribution in [0.3, 0.4) is 0 Å². The third-order valence-electron chi connectivity index (χ3n) is 3.75. The maximum atomic E-state index is 12.6. The molecule has 1 atom stereocenters. The first kappa shape index (κ1) is 13.5. The number of carbonyl (C=O) groups excluding carboxylic acids is 1. The lowest BCUT2D eigenvalue weighted by Crippen LogP contribution is -2.39. The van der Waals surface area contributed by atoms with Crippen LogP contribution in [0.1, 0.15) is 30.1 Å². The number of aromatic nitrogens is 2. The Morgan fingerprint density at radius 3 is 3.10 bits per heavy atom. The van der Waals surface area contributed by atoms with Crippen molar-refractivity contribution in [3.05, 3.63) is 58.7 Å². The van der Waals surface area contributed by atoms with Crippen molar-refractivity contribution in [3.63, 3.8) is 0 Å². The van der Waals surface area contributed by atoms with Gasteiger partial charge < -0.3 is 4.90 Å². The number of rotatable bonds is 3. The predicted octanol–water partition coefficient (Wildman–Crippen LogP) is 1.88. The van der Waals surface area contributed by atoms with Gasteiger partial charge in [-0.3, -0.25) is 14.0 Å². The largest absolute Gasteiger partial charge is 0.328 e. The molecule has 0 radical (unpaired) electrons. The summed E-state index contributed by atoms with van der Waals surface area (Å²) in [5.41, 5.74) is 0.361. The summed E-state index contributed by atoms with van der Waals surface area (Å²) < 4.78 is 1.41. The lowest BCUT2D eigenvalue weighted by atomic mass is 10.1. The van der Waals surface area contributed by atoms with Gasteiger partial charge in [-0.05, 0) is 18.6 Å². The summed E-state index contributed by atoms with van der Waals surface area (Å²) in [4.78, 5) is 31.0. The van der Waals surface area contributed by atoms with Gasteiger partial charge in [0, 0.05) is 18.9 Å². The van der Waals surface area contributed by atoms with Crippen LogP contribution in [0.2, 0.25) is 0 Å². The molecule has 1 aliphatic rings. The van der Waals surface area contributed by atoms with Crippen LogP contribution in [0.4, 0.5) is 0 Å². The second kappa shape index (κ2) is 5.52. The highest BCUT2D eigenvalue weighted by Gasteiger charge is 2.27. The molecule has 1 aliphatic heterocycles. The second-order valence-electron chi connectivity index (χ2n) is 5.15. The maximum Gasteiger partial charge on any atom is 0.270 e. The first-order valence-electron chi connectivity index (χ1n) is 7.16. The van der Waals surface area contributed by atoms with Gasteiger partial charge in [-0.25, -0.2) is 4.98 Å². The number of nitrogens with zero attached hydrogens (tertiary/aromatic N) is 3. The Kier molecular flexibility index (Phi) is 3.56. The van der Waals surface area contributed by atoms with Crippen LogP contribution in [-0.2, 0) is 0 Å². The Balaban J connectivity index is 1.99. The highest BCUT2D eigenvalue weighted by molar-refractivity contribution is 5.94. The molecule has 21 heavy (non-hydrogen) atoms. The van der Waals surface area contributed by atoms with Gasteiger partial charge in [0.05, 0.1) is 6.04 Å². The van der Waals surface area contributed by atoms with Gasteiger partial charge in [0.2, 0.25) is 0 Å². The van der Waals surface area contributed by atoms with Crippen molar-refractivity contribution in [2.24, 2.45) is 0 Å². The Morgan fingerprint density at radius 2 is 2.29 bits per heavy atom. The van der Waals surface area contributed by atoms with E-state index in [1.807, 2.05) is 18.2 Å². The fourth-order valence-corrected chi connectivity index (χ4v) is 2.68. The lowest BCUT2D eigenvalue weighted by molar-refractivity contribution is 0.0742. The van der Waals surface area contributed by atoms with Gasteiger partial charge in [-0.15, -0.1) is 0 Å². The molecule has 0 fully saturated rings. The molecule has 5 heteroatoms. The van der Waals surface area contributed by atoms with Crippen LogP contribution in [-0.4, -0.2) is 32.8 Å². The summed E-state index contributed by atoms with van der Waals surface area (Å²) >= 11 is 0. The zero-order chi connectivity index (χ0) is 14.8. The maximum absolute atomic E-state index is 12.6. The summed E-state index contributed by atoms with van der Waals surface area (Å²) in [7, 11) is 0. The molecule has 0 unspecified atom stereocenters. The topological polar surface area (TPSA) is 54.7 Å². The summed E-state index contributed by atoms with van der Waals surface area (Å²) in [6.07, 6.45) is 8.94. The molecule has 0 saturated carbocycles. The van der Waals surface area contributed by atoms with E-state index in [0.717, 1.165) is 12.8 Å². The van der Waals surface area contributed by atoms with Crippen LogP contribution >= 0.6 is 0 Å². The predicted molar refractivity (Wildman–Crippen MR) is 80.3 cm³/mol. The number of carbonyl (C=O) groups is 1. The minimum atomic E-state index is -0.312. The number of hydrogen-bond acceptors (Lipinski definition) is 3. The Morgan fingerprint density at radius 1 is 1.43 bits per heavy atom. The number of pyridine rings is 1. The summed E-state index contributed by atoms with van der Waals surface area (Å²) in [6, 6.07) is 5.39. The summed E-state index contributed by atoms with van der Waals surface area (Å²) in [6.45, 7) is 2.64. The minimum Gasteiger partial charge on any atom is -0.328 e. The molecular formula is C16H17N3O2. The molecule has 0 bridgehead atoms. The third-order valence-corrected chi connectivity index (χ3v) is 3.75. The van der Waals surface area contributed by atoms with Gasteiger partial charge in [0.15, 0.2) is 0 Å². The highest BCUT2D eigenvalue weighted by Crippen LogP contribution is 2.17. The molecule has 0 N–H and O–H groups in total. The molecule has 3 rings (SSSR count). The van der Waals surface area contributed by atoms with E-state index in [4.69, 9.17) is 0 Å². The van der Waals surface area contributed by atoms with E-state index in [1.54, 1.807) is 23.2 Å². The minimum absolute atomic E-state index is 0.0818. The Labute approximate surface area is 122 Å². The first-order chi connectivity index (χ1) is 10.2. The molecule has 2 aromatic heterocycles. The van der Waals surface area contributed by atoms with Crippen molar-refractivity contribution < 1.29 is 4.79 Å². The van der Waals surface area contributed by atoms with Crippen LogP contribution in [0.5, 0.6) is 0 Å². The first-order valence-corrected chi connectivity index (χ1v) is 7.16. The molecule has 0 saturated heterocycles. The Bertz CT molecular complexity index is 763. The van der Waals surface area contributed by atoms with Gasteiger partial charge in [0.1, 0.15) is 11.2 Å². The normalized spacial score (nSPS) is 17.6. The number of amides is 1. The van der Waals surface area contributed by atoms with E-state index in [1.165, 1.54) is 10.6 Å². The quantitative estimate of drug-likeness (QED) is 0.808. The van der Waals surface area contributed by atoms with Crippen molar-refractivity contribution in [1.82, 2.24) is 14.3 Å². The van der Waals surface area contributed by atoms with Gasteiger partial charge in [-0.1, -0.05) is 31.6 Å². The molecule has 3 heterocycles. The van der Waals surface area contributed by atoms with Crippen molar-refractivity contribution in [2.75, 3.05) is 6.54 Å². The fourth-order valence-electron chi connectivity index (χ4n) is 2.68. The molecule has 108 valence electrons. The molecule has 1 amide bonds. The molecule has 2 aromatic rings.